The molecule has 0 aliphatic rings. The molecule has 0 spiro atoms. The van der Waals surface area contributed by atoms with Crippen LogP contribution < -0.4 is 0 Å². The Labute approximate surface area is 42.3 Å². The molecule has 1 nitrogen and oxygen atoms in total. The molecule has 0 N–H and O–H groups in total. The van der Waals surface area contributed by atoms with Crippen LogP contribution in [0.4, 0.5) is 0 Å². The molecule has 0 bridgehead atoms. The normalized spacial score (nSPS) is 13.7. The van der Waals surface area contributed by atoms with Crippen molar-refractivity contribution in [1.82, 2.24) is 0 Å². The Kier molecular flexibility index (Phi) is 3.14. The Morgan fingerprint density at radius 2 is 2.50 bits per heavy atom. The third-order valence-electron chi connectivity index (χ3n) is 0.433. The predicted octanol–water partition coefficient (Wildman–Crippen LogP) is 0.971. The number of halogens is 1. The summed E-state index contributed by atoms with van der Waals surface area (Å²) in [6.07, 6.45) is 1.73. The van der Waals surface area contributed by atoms with E-state index >= 15 is 0 Å². The molecule has 6 heavy (non-hydrogen) atoms. The summed E-state index contributed by atoms with van der Waals surface area (Å²) in [6.45, 7) is 1.72. The minimum atomic E-state index is -0.105. The van der Waals surface area contributed by atoms with Crippen LogP contribution in [0.25, 0.3) is 0 Å². The van der Waals surface area contributed by atoms with Gasteiger partial charge in [0, 0.05) is 11.8 Å². The quantitative estimate of drug-likeness (QED) is 0.479. The van der Waals surface area contributed by atoms with Gasteiger partial charge in [0.25, 0.3) is 0 Å². The monoisotopic (exact) mass is 105 g/mol. The van der Waals surface area contributed by atoms with Gasteiger partial charge in [0.15, 0.2) is 0 Å². The molecule has 0 aromatic carbocycles. The van der Waals surface area contributed by atoms with Gasteiger partial charge >= 0.3 is 0 Å². The Balaban J connectivity index is 2.96. The fourth-order valence-corrected chi connectivity index (χ4v) is 0.0945. The first-order valence-electron chi connectivity index (χ1n) is 1.75. The van der Waals surface area contributed by atoms with Crippen molar-refractivity contribution in [2.45, 2.75) is 6.92 Å². The first-order chi connectivity index (χ1) is 2.81. The van der Waals surface area contributed by atoms with Crippen molar-refractivity contribution in [2.24, 2.45) is 5.92 Å². The second-order valence-electron chi connectivity index (χ2n) is 1.17. The van der Waals surface area contributed by atoms with E-state index in [2.05, 4.69) is 0 Å². The molecule has 0 amide bonds. The Morgan fingerprint density at radius 1 is 2.00 bits per heavy atom. The maximum Gasteiger partial charge on any atom is 0.202 e. The van der Waals surface area contributed by atoms with Gasteiger partial charge in [0.1, 0.15) is 0 Å². The number of carbonyl (C=O) groups excluding carboxylic acids is 1. The number of alkyl halides is 1. The van der Waals surface area contributed by atoms with Crippen LogP contribution in [0.1, 0.15) is 6.92 Å². The minimum absolute atomic E-state index is 0.105. The van der Waals surface area contributed by atoms with Crippen LogP contribution in [-0.2, 0) is 4.79 Å². The summed E-state index contributed by atoms with van der Waals surface area (Å²) in [5, 5.41) is 0. The number of hydrogen-bond acceptors (Lipinski definition) is 1. The van der Waals surface area contributed by atoms with Crippen LogP contribution in [0.15, 0.2) is 0 Å². The molecule has 0 aliphatic heterocycles. The van der Waals surface area contributed by atoms with Crippen molar-refractivity contribution < 1.29 is 4.79 Å². The standard InChI is InChI=1S/C4H6ClO/c1-4(2-5)3-6/h4H,2H2,1H3. The minimum Gasteiger partial charge on any atom is -0.291 e. The first-order valence-corrected chi connectivity index (χ1v) is 2.28. The summed E-state index contributed by atoms with van der Waals surface area (Å²) in [5.74, 6) is 0.274. The van der Waals surface area contributed by atoms with E-state index in [0.29, 0.717) is 5.88 Å². The van der Waals surface area contributed by atoms with Crippen LogP contribution in [-0.4, -0.2) is 12.2 Å². The molecule has 0 saturated carbocycles. The first kappa shape index (κ1) is 5.96. The van der Waals surface area contributed by atoms with Crippen LogP contribution in [0.3, 0.4) is 0 Å². The maximum absolute atomic E-state index is 9.53. The van der Waals surface area contributed by atoms with Crippen molar-refractivity contribution in [3.8, 4) is 0 Å². The van der Waals surface area contributed by atoms with Gasteiger partial charge in [-0.3, -0.25) is 4.79 Å². The number of rotatable bonds is 2. The van der Waals surface area contributed by atoms with Crippen molar-refractivity contribution in [1.29, 1.82) is 0 Å². The largest absolute Gasteiger partial charge is 0.291 e. The van der Waals surface area contributed by atoms with E-state index in [9.17, 15) is 4.79 Å². The zero-order valence-electron chi connectivity index (χ0n) is 3.57. The zero-order valence-corrected chi connectivity index (χ0v) is 4.33. The van der Waals surface area contributed by atoms with Crippen LogP contribution >= 0.6 is 11.6 Å². The third kappa shape index (κ3) is 2.21. The third-order valence-corrected chi connectivity index (χ3v) is 0.896. The van der Waals surface area contributed by atoms with Gasteiger partial charge in [0.05, 0.1) is 0 Å². The Hall–Kier alpha value is -0.0400. The summed E-state index contributed by atoms with van der Waals surface area (Å²) in [6, 6.07) is 0. The van der Waals surface area contributed by atoms with Crippen LogP contribution in [0.5, 0.6) is 0 Å². The Morgan fingerprint density at radius 3 is 2.50 bits per heavy atom. The summed E-state index contributed by atoms with van der Waals surface area (Å²) in [4.78, 5) is 9.53. The molecule has 0 saturated heterocycles. The molecule has 2 heteroatoms. The molecule has 0 fully saturated rings. The zero-order chi connectivity index (χ0) is 4.99. The lowest BCUT2D eigenvalue weighted by atomic mass is 10.3. The molecule has 1 atom stereocenters. The SMILES string of the molecule is CC([C]=O)CCl. The second kappa shape index (κ2) is 3.16. The fourth-order valence-electron chi connectivity index (χ4n) is 0.0315. The molecule has 1 radical (unpaired) electrons. The molecule has 0 aliphatic carbocycles. The van der Waals surface area contributed by atoms with E-state index in [4.69, 9.17) is 11.6 Å². The van der Waals surface area contributed by atoms with E-state index in [1.165, 1.54) is 0 Å². The Bertz CT molecular complexity index is 44.8. The molecule has 0 aromatic heterocycles. The van der Waals surface area contributed by atoms with Gasteiger partial charge in [-0.25, -0.2) is 0 Å². The molecule has 0 heterocycles. The lowest BCUT2D eigenvalue weighted by molar-refractivity contribution is 0.537. The molecular formula is C4H6ClO. The van der Waals surface area contributed by atoms with Crippen molar-refractivity contribution in [3.05, 3.63) is 0 Å². The van der Waals surface area contributed by atoms with Crippen molar-refractivity contribution >= 4 is 17.9 Å². The second-order valence-corrected chi connectivity index (χ2v) is 1.48. The van der Waals surface area contributed by atoms with Crippen LogP contribution in [0.2, 0.25) is 0 Å². The van der Waals surface area contributed by atoms with Gasteiger partial charge in [-0.1, -0.05) is 6.92 Å². The molecule has 1 unspecified atom stereocenters. The predicted molar refractivity (Wildman–Crippen MR) is 25.6 cm³/mol. The van der Waals surface area contributed by atoms with Gasteiger partial charge in [0.2, 0.25) is 6.29 Å². The molecular weight excluding hydrogens is 99.5 g/mol. The average molecular weight is 106 g/mol. The highest BCUT2D eigenvalue weighted by Crippen LogP contribution is 1.89. The summed E-state index contributed by atoms with van der Waals surface area (Å²) < 4.78 is 0. The van der Waals surface area contributed by atoms with Crippen molar-refractivity contribution in [2.75, 3.05) is 5.88 Å². The fraction of sp³-hybridized carbons (Fsp3) is 0.750. The van der Waals surface area contributed by atoms with Gasteiger partial charge in [-0.2, -0.15) is 0 Å². The smallest absolute Gasteiger partial charge is 0.202 e. The summed E-state index contributed by atoms with van der Waals surface area (Å²) in [5.41, 5.74) is 0. The van der Waals surface area contributed by atoms with E-state index in [1.807, 2.05) is 0 Å². The van der Waals surface area contributed by atoms with Gasteiger partial charge in [-0.15, -0.1) is 11.6 Å². The average Bonchev–Trinajstić information content (AvgIpc) is 1.65. The molecule has 35 valence electrons. The highest BCUT2D eigenvalue weighted by Gasteiger charge is 1.93. The maximum atomic E-state index is 9.53. The van der Waals surface area contributed by atoms with E-state index in [-0.39, 0.29) is 5.92 Å². The lowest BCUT2D eigenvalue weighted by Crippen LogP contribution is -1.94. The highest BCUT2D eigenvalue weighted by molar-refractivity contribution is 6.18. The van der Waals surface area contributed by atoms with E-state index in [0.717, 1.165) is 0 Å². The summed E-state index contributed by atoms with van der Waals surface area (Å²) in [7, 11) is 0. The molecule has 0 aromatic rings. The van der Waals surface area contributed by atoms with Crippen molar-refractivity contribution in [3.63, 3.8) is 0 Å². The lowest BCUT2D eigenvalue weighted by Gasteiger charge is -1.86. The van der Waals surface area contributed by atoms with Crippen LogP contribution in [0, 0.1) is 5.92 Å². The van der Waals surface area contributed by atoms with E-state index in [1.54, 1.807) is 13.2 Å². The molecule has 0 rings (SSSR count). The summed E-state index contributed by atoms with van der Waals surface area (Å²) >= 11 is 5.19. The van der Waals surface area contributed by atoms with E-state index < -0.39 is 0 Å². The van der Waals surface area contributed by atoms with Gasteiger partial charge < -0.3 is 0 Å². The topological polar surface area (TPSA) is 17.1 Å². The highest BCUT2D eigenvalue weighted by atomic mass is 35.5. The number of hydrogen-bond donors (Lipinski definition) is 0. The van der Waals surface area contributed by atoms with Gasteiger partial charge in [-0.05, 0) is 0 Å².